The topological polar surface area (TPSA) is 136 Å². The number of nitrogens with two attached hydrogens (primary N) is 2. The zero-order valence-corrected chi connectivity index (χ0v) is 15.9. The molecule has 0 saturated carbocycles. The zero-order valence-electron chi connectivity index (χ0n) is 14.2. The summed E-state index contributed by atoms with van der Waals surface area (Å²) < 4.78 is 24.2. The maximum absolute atomic E-state index is 12.1. The molecule has 0 atom stereocenters. The Labute approximate surface area is 156 Å². The van der Waals surface area contributed by atoms with Gasteiger partial charge >= 0.3 is 5.97 Å². The molecule has 0 aromatic heterocycles. The van der Waals surface area contributed by atoms with Crippen molar-refractivity contribution >= 4 is 39.1 Å². The van der Waals surface area contributed by atoms with Gasteiger partial charge in [-0.25, -0.2) is 18.4 Å². The van der Waals surface area contributed by atoms with Crippen molar-refractivity contribution < 1.29 is 18.3 Å². The first kappa shape index (κ1) is 20.1. The summed E-state index contributed by atoms with van der Waals surface area (Å²) in [4.78, 5) is 12.3. The first-order valence-electron chi connectivity index (χ1n) is 7.93. The molecule has 2 aromatic rings. The Morgan fingerprint density at radius 2 is 1.88 bits per heavy atom. The van der Waals surface area contributed by atoms with Gasteiger partial charge in [0, 0.05) is 17.1 Å². The summed E-state index contributed by atoms with van der Waals surface area (Å²) in [5.41, 5.74) is 6.54. The maximum Gasteiger partial charge on any atom is 0.335 e. The van der Waals surface area contributed by atoms with Crippen LogP contribution >= 0.6 is 11.8 Å². The quantitative estimate of drug-likeness (QED) is 0.398. The van der Waals surface area contributed by atoms with Crippen molar-refractivity contribution in [2.45, 2.75) is 34.5 Å². The van der Waals surface area contributed by atoms with Crippen LogP contribution in [0.25, 0.3) is 0 Å². The van der Waals surface area contributed by atoms with E-state index in [1.807, 2.05) is 6.92 Å². The molecule has 9 heteroatoms. The number of carboxylic acids is 1. The van der Waals surface area contributed by atoms with Crippen molar-refractivity contribution in [2.75, 3.05) is 17.6 Å². The molecule has 140 valence electrons. The molecule has 26 heavy (non-hydrogen) atoms. The predicted molar refractivity (Wildman–Crippen MR) is 103 cm³/mol. The lowest BCUT2D eigenvalue weighted by Gasteiger charge is -2.16. The lowest BCUT2D eigenvalue weighted by atomic mass is 10.2. The van der Waals surface area contributed by atoms with Gasteiger partial charge in [0.05, 0.1) is 21.0 Å². The Balaban J connectivity index is 2.59. The lowest BCUT2D eigenvalue weighted by molar-refractivity contribution is 0.0696. The molecular formula is C17H21N3O4S2. The highest BCUT2D eigenvalue weighted by molar-refractivity contribution is 8.00. The van der Waals surface area contributed by atoms with Crippen molar-refractivity contribution in [3.05, 3.63) is 42.0 Å². The van der Waals surface area contributed by atoms with Crippen LogP contribution in [-0.4, -0.2) is 26.0 Å². The number of aromatic carboxylic acids is 1. The van der Waals surface area contributed by atoms with E-state index in [0.29, 0.717) is 22.8 Å². The van der Waals surface area contributed by atoms with E-state index in [2.05, 4.69) is 5.32 Å². The third-order valence-corrected chi connectivity index (χ3v) is 5.77. The molecule has 0 bridgehead atoms. The van der Waals surface area contributed by atoms with Crippen LogP contribution in [0.4, 0.5) is 11.4 Å². The van der Waals surface area contributed by atoms with E-state index in [9.17, 15) is 18.3 Å². The Morgan fingerprint density at radius 3 is 2.42 bits per heavy atom. The summed E-state index contributed by atoms with van der Waals surface area (Å²) >= 11 is 1.18. The number of hydrogen-bond acceptors (Lipinski definition) is 6. The van der Waals surface area contributed by atoms with E-state index < -0.39 is 16.0 Å². The van der Waals surface area contributed by atoms with Crippen molar-refractivity contribution in [1.29, 1.82) is 0 Å². The van der Waals surface area contributed by atoms with Crippen molar-refractivity contribution in [1.82, 2.24) is 0 Å². The molecule has 0 unspecified atom stereocenters. The third-order valence-electron chi connectivity index (χ3n) is 3.55. The molecule has 0 radical (unpaired) electrons. The number of sulfonamides is 1. The second-order valence-corrected chi connectivity index (χ2v) is 8.27. The number of anilines is 2. The second kappa shape index (κ2) is 8.43. The van der Waals surface area contributed by atoms with Gasteiger partial charge in [-0.05, 0) is 42.8 Å². The fourth-order valence-electron chi connectivity index (χ4n) is 2.23. The van der Waals surface area contributed by atoms with Crippen LogP contribution in [0.3, 0.4) is 0 Å². The van der Waals surface area contributed by atoms with E-state index in [1.165, 1.54) is 17.8 Å². The van der Waals surface area contributed by atoms with Gasteiger partial charge in [0.25, 0.3) is 0 Å². The van der Waals surface area contributed by atoms with E-state index in [-0.39, 0.29) is 10.5 Å². The van der Waals surface area contributed by atoms with Gasteiger partial charge in [-0.15, -0.1) is 0 Å². The normalized spacial score (nSPS) is 11.3. The molecule has 0 aliphatic heterocycles. The number of unbranched alkanes of at least 4 members (excludes halogenated alkanes) is 1. The van der Waals surface area contributed by atoms with Gasteiger partial charge in [-0.2, -0.15) is 0 Å². The highest BCUT2D eigenvalue weighted by atomic mass is 32.2. The highest BCUT2D eigenvalue weighted by Gasteiger charge is 2.22. The molecule has 0 aliphatic carbocycles. The van der Waals surface area contributed by atoms with Gasteiger partial charge in [-0.3, -0.25) is 0 Å². The maximum atomic E-state index is 12.1. The number of nitrogens with one attached hydrogen (secondary N) is 1. The lowest BCUT2D eigenvalue weighted by Crippen LogP contribution is -2.16. The summed E-state index contributed by atoms with van der Waals surface area (Å²) in [7, 11) is -4.12. The first-order chi connectivity index (χ1) is 12.2. The average Bonchev–Trinajstić information content (AvgIpc) is 2.57. The van der Waals surface area contributed by atoms with E-state index in [4.69, 9.17) is 10.9 Å². The van der Waals surface area contributed by atoms with E-state index in [0.717, 1.165) is 23.8 Å². The zero-order chi connectivity index (χ0) is 19.3. The highest BCUT2D eigenvalue weighted by Crippen LogP contribution is 2.39. The number of hydrogen-bond donors (Lipinski definition) is 4. The molecule has 0 spiro atoms. The van der Waals surface area contributed by atoms with Gasteiger partial charge in [0.2, 0.25) is 10.0 Å². The van der Waals surface area contributed by atoms with Crippen molar-refractivity contribution in [3.8, 4) is 0 Å². The van der Waals surface area contributed by atoms with E-state index >= 15 is 0 Å². The monoisotopic (exact) mass is 395 g/mol. The van der Waals surface area contributed by atoms with Crippen LogP contribution in [0.2, 0.25) is 0 Å². The fourth-order valence-corrected chi connectivity index (χ4v) is 4.27. The summed E-state index contributed by atoms with van der Waals surface area (Å²) in [6.07, 6.45) is 1.79. The molecule has 7 nitrogen and oxygen atoms in total. The fraction of sp³-hybridized carbons (Fsp3) is 0.235. The molecule has 2 aromatic carbocycles. The number of benzene rings is 2. The number of rotatable bonds is 8. The number of nitrogen functional groups attached to an aromatic ring is 1. The van der Waals surface area contributed by atoms with Gasteiger partial charge in [-0.1, -0.05) is 25.1 Å². The SMILES string of the molecule is CCCCNc1cc(C(=O)O)cc(S(N)(=O)=O)c1Sc1ccc(N)cc1. The van der Waals surface area contributed by atoms with Crippen molar-refractivity contribution in [3.63, 3.8) is 0 Å². The van der Waals surface area contributed by atoms with Gasteiger partial charge < -0.3 is 16.2 Å². The molecule has 0 heterocycles. The molecule has 6 N–H and O–H groups in total. The molecule has 2 rings (SSSR count). The van der Waals surface area contributed by atoms with Crippen LogP contribution in [0.5, 0.6) is 0 Å². The van der Waals surface area contributed by atoms with Crippen LogP contribution in [0.15, 0.2) is 51.1 Å². The number of carbonyl (C=O) groups is 1. The third kappa shape index (κ3) is 5.13. The Kier molecular flexibility index (Phi) is 6.52. The number of carboxylic acid groups (broad SMARTS) is 1. The van der Waals surface area contributed by atoms with Crippen LogP contribution in [0, 0.1) is 0 Å². The average molecular weight is 396 g/mol. The second-order valence-electron chi connectivity index (χ2n) is 5.65. The van der Waals surface area contributed by atoms with E-state index in [1.54, 1.807) is 24.3 Å². The molecule has 0 fully saturated rings. The Bertz CT molecular complexity index is 897. The summed E-state index contributed by atoms with van der Waals surface area (Å²) in [6.45, 7) is 2.61. The Hall–Kier alpha value is -2.23. The molecular weight excluding hydrogens is 374 g/mol. The summed E-state index contributed by atoms with van der Waals surface area (Å²) in [6, 6.07) is 9.43. The van der Waals surface area contributed by atoms with Crippen LogP contribution in [-0.2, 0) is 10.0 Å². The first-order valence-corrected chi connectivity index (χ1v) is 10.3. The molecule has 0 amide bonds. The van der Waals surface area contributed by atoms with Gasteiger partial charge in [0.15, 0.2) is 0 Å². The predicted octanol–water partition coefficient (Wildman–Crippen LogP) is 2.98. The number of primary sulfonamides is 1. The minimum atomic E-state index is -4.12. The summed E-state index contributed by atoms with van der Waals surface area (Å²) in [5, 5.41) is 17.8. The smallest absolute Gasteiger partial charge is 0.335 e. The van der Waals surface area contributed by atoms with Gasteiger partial charge in [0.1, 0.15) is 0 Å². The summed E-state index contributed by atoms with van der Waals surface area (Å²) in [5.74, 6) is -1.22. The van der Waals surface area contributed by atoms with Crippen LogP contribution in [0.1, 0.15) is 30.1 Å². The standard InChI is InChI=1S/C17H21N3O4S2/c1-2-3-8-20-14-9-11(17(21)22)10-15(26(19,23)24)16(14)25-13-6-4-12(18)5-7-13/h4-7,9-10,20H,2-3,8,18H2,1H3,(H,21,22)(H2,19,23,24). The molecule has 0 saturated heterocycles. The molecule has 0 aliphatic rings. The van der Waals surface area contributed by atoms with Crippen LogP contribution < -0.4 is 16.2 Å². The minimum Gasteiger partial charge on any atom is -0.478 e. The van der Waals surface area contributed by atoms with Crippen molar-refractivity contribution in [2.24, 2.45) is 5.14 Å². The Morgan fingerprint density at radius 1 is 1.23 bits per heavy atom. The largest absolute Gasteiger partial charge is 0.478 e. The minimum absolute atomic E-state index is 0.144.